The summed E-state index contributed by atoms with van der Waals surface area (Å²) < 4.78 is 0. The van der Waals surface area contributed by atoms with E-state index in [-0.39, 0.29) is 12.0 Å². The Morgan fingerprint density at radius 2 is 1.76 bits per heavy atom. The minimum atomic E-state index is -0.674. The largest absolute Gasteiger partial charge is 0.392 e. The standard InChI is InChI=1S/C20H33N3O2/c21-15-20(10-6-1-2-7-11-20)22-19(25)14-23-13-17(24)12-18(23)16-8-4-3-5-9-16/h16-18,24H,1-14H2,(H,22,25). The molecule has 0 aromatic heterocycles. The minimum absolute atomic E-state index is 0.0432. The van der Waals surface area contributed by atoms with Crippen LogP contribution in [0.2, 0.25) is 0 Å². The number of rotatable bonds is 4. The van der Waals surface area contributed by atoms with Crippen LogP contribution >= 0.6 is 0 Å². The van der Waals surface area contributed by atoms with Crippen LogP contribution in [0.15, 0.2) is 0 Å². The third kappa shape index (κ3) is 4.74. The van der Waals surface area contributed by atoms with Crippen LogP contribution in [0.25, 0.3) is 0 Å². The van der Waals surface area contributed by atoms with Crippen LogP contribution in [0.3, 0.4) is 0 Å². The molecule has 0 spiro atoms. The smallest absolute Gasteiger partial charge is 0.235 e. The lowest BCUT2D eigenvalue weighted by atomic mass is 9.82. The van der Waals surface area contributed by atoms with E-state index in [2.05, 4.69) is 16.3 Å². The summed E-state index contributed by atoms with van der Waals surface area (Å²) in [6.45, 7) is 0.912. The summed E-state index contributed by atoms with van der Waals surface area (Å²) in [5.41, 5.74) is -0.674. The fraction of sp³-hybridized carbons (Fsp3) is 0.900. The van der Waals surface area contributed by atoms with Gasteiger partial charge in [-0.3, -0.25) is 9.69 Å². The molecule has 3 aliphatic rings. The van der Waals surface area contributed by atoms with Gasteiger partial charge in [0.1, 0.15) is 5.54 Å². The third-order valence-corrected chi connectivity index (χ3v) is 6.52. The van der Waals surface area contributed by atoms with Gasteiger partial charge in [-0.1, -0.05) is 44.9 Å². The van der Waals surface area contributed by atoms with Crippen molar-refractivity contribution in [3.8, 4) is 6.07 Å². The van der Waals surface area contributed by atoms with Crippen molar-refractivity contribution in [1.29, 1.82) is 5.26 Å². The molecule has 0 bridgehead atoms. The number of hydrogen-bond acceptors (Lipinski definition) is 4. The molecule has 1 aliphatic heterocycles. The first-order chi connectivity index (χ1) is 12.1. The quantitative estimate of drug-likeness (QED) is 0.767. The molecule has 0 radical (unpaired) electrons. The van der Waals surface area contributed by atoms with Crippen molar-refractivity contribution in [2.45, 2.75) is 94.7 Å². The van der Waals surface area contributed by atoms with Crippen LogP contribution in [-0.4, -0.2) is 46.7 Å². The molecule has 2 N–H and O–H groups in total. The Balaban J connectivity index is 1.59. The van der Waals surface area contributed by atoms with E-state index in [0.29, 0.717) is 25.0 Å². The number of likely N-dealkylation sites (tertiary alicyclic amines) is 1. The van der Waals surface area contributed by atoms with Gasteiger partial charge in [0.05, 0.1) is 18.7 Å². The van der Waals surface area contributed by atoms with Crippen molar-refractivity contribution in [3.05, 3.63) is 0 Å². The zero-order chi connectivity index (χ0) is 17.7. The third-order valence-electron chi connectivity index (χ3n) is 6.52. The van der Waals surface area contributed by atoms with Gasteiger partial charge in [-0.15, -0.1) is 0 Å². The van der Waals surface area contributed by atoms with Gasteiger partial charge in [-0.25, -0.2) is 0 Å². The molecular weight excluding hydrogens is 314 g/mol. The van der Waals surface area contributed by atoms with E-state index in [1.165, 1.54) is 32.1 Å². The van der Waals surface area contributed by atoms with Gasteiger partial charge in [-0.2, -0.15) is 5.26 Å². The number of amides is 1. The lowest BCUT2D eigenvalue weighted by Crippen LogP contribution is -2.51. The molecule has 0 aromatic carbocycles. The predicted molar refractivity (Wildman–Crippen MR) is 96.7 cm³/mol. The van der Waals surface area contributed by atoms with Crippen LogP contribution in [0.1, 0.15) is 77.0 Å². The number of nitriles is 1. The number of β-amino-alcohol motifs (C(OH)–C–C–N with tert-alkyl or cyclic N) is 1. The monoisotopic (exact) mass is 347 g/mol. The summed E-state index contributed by atoms with van der Waals surface area (Å²) >= 11 is 0. The normalized spacial score (nSPS) is 31.2. The van der Waals surface area contributed by atoms with Crippen molar-refractivity contribution < 1.29 is 9.90 Å². The first kappa shape index (κ1) is 18.7. The van der Waals surface area contributed by atoms with E-state index < -0.39 is 5.54 Å². The van der Waals surface area contributed by atoms with Crippen LogP contribution in [0.4, 0.5) is 0 Å². The Hall–Kier alpha value is -1.12. The highest BCUT2D eigenvalue weighted by molar-refractivity contribution is 5.79. The second-order valence-electron chi connectivity index (χ2n) is 8.44. The lowest BCUT2D eigenvalue weighted by molar-refractivity contribution is -0.124. The maximum Gasteiger partial charge on any atom is 0.235 e. The Morgan fingerprint density at radius 3 is 2.40 bits per heavy atom. The zero-order valence-corrected chi connectivity index (χ0v) is 15.4. The molecule has 2 saturated carbocycles. The summed E-state index contributed by atoms with van der Waals surface area (Å²) in [4.78, 5) is 14.9. The van der Waals surface area contributed by atoms with Crippen LogP contribution in [-0.2, 0) is 4.79 Å². The van der Waals surface area contributed by atoms with Gasteiger partial charge < -0.3 is 10.4 Å². The fourth-order valence-electron chi connectivity index (χ4n) is 5.19. The maximum absolute atomic E-state index is 12.7. The molecule has 3 rings (SSSR count). The Bertz CT molecular complexity index is 488. The number of nitrogens with one attached hydrogen (secondary N) is 1. The van der Waals surface area contributed by atoms with Gasteiger partial charge in [0.25, 0.3) is 0 Å². The van der Waals surface area contributed by atoms with E-state index in [0.717, 1.165) is 44.9 Å². The summed E-state index contributed by atoms with van der Waals surface area (Å²) in [6.07, 6.45) is 12.7. The van der Waals surface area contributed by atoms with Crippen LogP contribution in [0, 0.1) is 17.2 Å². The van der Waals surface area contributed by atoms with Crippen molar-refractivity contribution in [2.75, 3.05) is 13.1 Å². The van der Waals surface area contributed by atoms with Crippen molar-refractivity contribution in [2.24, 2.45) is 5.92 Å². The molecule has 25 heavy (non-hydrogen) atoms. The molecule has 5 heteroatoms. The van der Waals surface area contributed by atoms with Crippen molar-refractivity contribution in [3.63, 3.8) is 0 Å². The van der Waals surface area contributed by atoms with Gasteiger partial charge in [0.2, 0.25) is 5.91 Å². The number of carbonyl (C=O) groups excluding carboxylic acids is 1. The Kier molecular flexibility index (Phi) is 6.35. The van der Waals surface area contributed by atoms with Crippen molar-refractivity contribution in [1.82, 2.24) is 10.2 Å². The second-order valence-corrected chi connectivity index (χ2v) is 8.44. The number of aliphatic hydroxyl groups is 1. The van der Waals surface area contributed by atoms with E-state index in [1.54, 1.807) is 0 Å². The first-order valence-electron chi connectivity index (χ1n) is 10.3. The van der Waals surface area contributed by atoms with Crippen LogP contribution < -0.4 is 5.32 Å². The predicted octanol–water partition coefficient (Wildman–Crippen LogP) is 2.73. The van der Waals surface area contributed by atoms with Gasteiger partial charge in [0.15, 0.2) is 0 Å². The number of carbonyl (C=O) groups is 1. The van der Waals surface area contributed by atoms with E-state index in [9.17, 15) is 15.2 Å². The molecular formula is C20H33N3O2. The van der Waals surface area contributed by atoms with Crippen LogP contribution in [0.5, 0.6) is 0 Å². The summed E-state index contributed by atoms with van der Waals surface area (Å²) in [5, 5.41) is 22.9. The molecule has 1 amide bonds. The topological polar surface area (TPSA) is 76.4 Å². The molecule has 2 atom stereocenters. The number of nitrogens with zero attached hydrogens (tertiary/aromatic N) is 2. The molecule has 2 unspecified atom stereocenters. The first-order valence-corrected chi connectivity index (χ1v) is 10.3. The lowest BCUT2D eigenvalue weighted by Gasteiger charge is -2.34. The van der Waals surface area contributed by atoms with E-state index in [1.807, 2.05) is 0 Å². The molecule has 3 fully saturated rings. The highest BCUT2D eigenvalue weighted by Crippen LogP contribution is 2.34. The van der Waals surface area contributed by atoms with E-state index >= 15 is 0 Å². The number of hydrogen-bond donors (Lipinski definition) is 2. The minimum Gasteiger partial charge on any atom is -0.392 e. The molecule has 5 nitrogen and oxygen atoms in total. The highest BCUT2D eigenvalue weighted by Gasteiger charge is 2.39. The molecule has 2 aliphatic carbocycles. The van der Waals surface area contributed by atoms with E-state index in [4.69, 9.17) is 0 Å². The number of aliphatic hydroxyl groups excluding tert-OH is 1. The summed E-state index contributed by atoms with van der Waals surface area (Å²) in [6, 6.07) is 2.72. The molecule has 1 saturated heterocycles. The molecule has 0 aromatic rings. The molecule has 1 heterocycles. The zero-order valence-electron chi connectivity index (χ0n) is 15.4. The van der Waals surface area contributed by atoms with Gasteiger partial charge in [-0.05, 0) is 38.0 Å². The fourth-order valence-corrected chi connectivity index (χ4v) is 5.19. The summed E-state index contributed by atoms with van der Waals surface area (Å²) in [7, 11) is 0. The Labute approximate surface area is 151 Å². The van der Waals surface area contributed by atoms with Gasteiger partial charge in [0, 0.05) is 12.6 Å². The Morgan fingerprint density at radius 1 is 1.12 bits per heavy atom. The average Bonchev–Trinajstić information content (AvgIpc) is 2.82. The highest BCUT2D eigenvalue weighted by atomic mass is 16.3. The summed E-state index contributed by atoms with van der Waals surface area (Å²) in [5.74, 6) is 0.569. The average molecular weight is 348 g/mol. The molecule has 140 valence electrons. The second kappa shape index (κ2) is 8.51. The van der Waals surface area contributed by atoms with Gasteiger partial charge >= 0.3 is 0 Å². The SMILES string of the molecule is N#CC1(NC(=O)CN2CC(O)CC2C2CCCCC2)CCCCCC1. The van der Waals surface area contributed by atoms with Crippen molar-refractivity contribution >= 4 is 5.91 Å². The maximum atomic E-state index is 12.7.